The molecule has 0 spiro atoms. The second kappa shape index (κ2) is 7.34. The lowest BCUT2D eigenvalue weighted by atomic mass is 10.2. The number of hydroxylamine groups is 1. The minimum atomic E-state index is -0.937. The van der Waals surface area contributed by atoms with Gasteiger partial charge in [-0.15, -0.1) is 0 Å². The number of carbonyl (C=O) groups is 1. The quantitative estimate of drug-likeness (QED) is 0.579. The van der Waals surface area contributed by atoms with Gasteiger partial charge in [-0.25, -0.2) is 14.9 Å². The first kappa shape index (κ1) is 18.8. The predicted molar refractivity (Wildman–Crippen MR) is 99.3 cm³/mol. The standard InChI is InChI=1S/C19H21FN4O3/c1-12-4-5-16(15(20)8-12)22-17-14(9-13-6-7-21-11-24(13)17)18(26)23-27-19(2,3)10-25/h4-9,11,22,25H,10H2,1-3H3,(H,23,26). The Morgan fingerprint density at radius 1 is 1.33 bits per heavy atom. The Morgan fingerprint density at radius 2 is 2.11 bits per heavy atom. The highest BCUT2D eigenvalue weighted by Crippen LogP contribution is 2.27. The van der Waals surface area contributed by atoms with Crippen LogP contribution in [0.15, 0.2) is 42.9 Å². The van der Waals surface area contributed by atoms with Gasteiger partial charge in [-0.05, 0) is 50.6 Å². The third kappa shape index (κ3) is 4.07. The first-order chi connectivity index (χ1) is 12.8. The number of carbonyl (C=O) groups excluding carboxylic acids is 1. The van der Waals surface area contributed by atoms with Crippen LogP contribution in [0.2, 0.25) is 0 Å². The monoisotopic (exact) mass is 372 g/mol. The lowest BCUT2D eigenvalue weighted by Crippen LogP contribution is -2.38. The smallest absolute Gasteiger partial charge is 0.278 e. The molecular weight excluding hydrogens is 351 g/mol. The Bertz CT molecular complexity index is 984. The SMILES string of the molecule is Cc1ccc(Nc2c(C(=O)NOC(C)(C)CO)cc3ccncn23)c(F)c1. The van der Waals surface area contributed by atoms with Crippen LogP contribution in [0.25, 0.3) is 5.52 Å². The van der Waals surface area contributed by atoms with E-state index >= 15 is 0 Å². The summed E-state index contributed by atoms with van der Waals surface area (Å²) in [7, 11) is 0. The van der Waals surface area contributed by atoms with Crippen LogP contribution in [0, 0.1) is 12.7 Å². The lowest BCUT2D eigenvalue weighted by Gasteiger charge is -2.21. The highest BCUT2D eigenvalue weighted by Gasteiger charge is 2.23. The van der Waals surface area contributed by atoms with E-state index in [1.807, 2.05) is 0 Å². The Balaban J connectivity index is 1.97. The number of benzene rings is 1. The van der Waals surface area contributed by atoms with Crippen molar-refractivity contribution in [2.45, 2.75) is 26.4 Å². The molecule has 2 heterocycles. The van der Waals surface area contributed by atoms with Gasteiger partial charge in [-0.3, -0.25) is 14.0 Å². The molecule has 0 bridgehead atoms. The third-order valence-electron chi connectivity index (χ3n) is 4.00. The molecule has 0 radical (unpaired) electrons. The Kier molecular flexibility index (Phi) is 5.11. The van der Waals surface area contributed by atoms with Gasteiger partial charge in [0.2, 0.25) is 0 Å². The number of anilines is 2. The predicted octanol–water partition coefficient (Wildman–Crippen LogP) is 2.96. The number of aliphatic hydroxyl groups excluding tert-OH is 1. The summed E-state index contributed by atoms with van der Waals surface area (Å²) in [5.41, 5.74) is 3.37. The number of aryl methyl sites for hydroxylation is 1. The number of aliphatic hydroxyl groups is 1. The zero-order chi connectivity index (χ0) is 19.6. The van der Waals surface area contributed by atoms with Gasteiger partial charge < -0.3 is 10.4 Å². The molecule has 3 aromatic rings. The second-order valence-corrected chi connectivity index (χ2v) is 6.84. The van der Waals surface area contributed by atoms with E-state index in [1.165, 1.54) is 12.4 Å². The van der Waals surface area contributed by atoms with Crippen molar-refractivity contribution in [2.24, 2.45) is 0 Å². The van der Waals surface area contributed by atoms with Crippen LogP contribution >= 0.6 is 0 Å². The number of hydrogen-bond donors (Lipinski definition) is 3. The number of amides is 1. The number of fused-ring (bicyclic) bond motifs is 1. The Morgan fingerprint density at radius 3 is 2.81 bits per heavy atom. The Hall–Kier alpha value is -2.97. The van der Waals surface area contributed by atoms with Crippen molar-refractivity contribution < 1.29 is 19.1 Å². The molecule has 3 N–H and O–H groups in total. The normalized spacial score (nSPS) is 11.6. The topological polar surface area (TPSA) is 87.9 Å². The van der Waals surface area contributed by atoms with Crippen molar-refractivity contribution in [3.05, 3.63) is 59.8 Å². The summed E-state index contributed by atoms with van der Waals surface area (Å²) in [6.45, 7) is 4.79. The summed E-state index contributed by atoms with van der Waals surface area (Å²) in [6.07, 6.45) is 3.12. The average molecular weight is 372 g/mol. The van der Waals surface area contributed by atoms with Crippen molar-refractivity contribution in [3.8, 4) is 0 Å². The van der Waals surface area contributed by atoms with Crippen LogP contribution in [-0.4, -0.2) is 32.6 Å². The van der Waals surface area contributed by atoms with E-state index in [9.17, 15) is 14.3 Å². The molecule has 3 rings (SSSR count). The van der Waals surface area contributed by atoms with Crippen LogP contribution in [0.3, 0.4) is 0 Å². The zero-order valence-corrected chi connectivity index (χ0v) is 15.3. The van der Waals surface area contributed by atoms with Crippen molar-refractivity contribution in [1.29, 1.82) is 0 Å². The summed E-state index contributed by atoms with van der Waals surface area (Å²) in [4.78, 5) is 22.0. The molecule has 0 aliphatic rings. The van der Waals surface area contributed by atoms with Crippen LogP contribution in [0.1, 0.15) is 29.8 Å². The molecule has 1 amide bonds. The van der Waals surface area contributed by atoms with Gasteiger partial charge in [-0.2, -0.15) is 0 Å². The highest BCUT2D eigenvalue weighted by molar-refractivity contribution is 6.01. The maximum Gasteiger partial charge on any atom is 0.278 e. The maximum atomic E-state index is 14.3. The van der Waals surface area contributed by atoms with E-state index in [0.29, 0.717) is 11.3 Å². The minimum Gasteiger partial charge on any atom is -0.393 e. The molecule has 0 aliphatic heterocycles. The van der Waals surface area contributed by atoms with Crippen molar-refractivity contribution in [1.82, 2.24) is 14.9 Å². The molecule has 0 saturated heterocycles. The molecule has 7 nitrogen and oxygen atoms in total. The molecule has 0 fully saturated rings. The first-order valence-electron chi connectivity index (χ1n) is 8.38. The van der Waals surface area contributed by atoms with Crippen LogP contribution in [0.5, 0.6) is 0 Å². The Labute approximate surface area is 155 Å². The van der Waals surface area contributed by atoms with Gasteiger partial charge in [0.25, 0.3) is 5.91 Å². The zero-order valence-electron chi connectivity index (χ0n) is 15.3. The van der Waals surface area contributed by atoms with E-state index in [-0.39, 0.29) is 17.9 Å². The van der Waals surface area contributed by atoms with Crippen LogP contribution in [-0.2, 0) is 4.84 Å². The number of nitrogens with zero attached hydrogens (tertiary/aromatic N) is 2. The summed E-state index contributed by atoms with van der Waals surface area (Å²) >= 11 is 0. The number of nitrogens with one attached hydrogen (secondary N) is 2. The van der Waals surface area contributed by atoms with E-state index in [2.05, 4.69) is 15.8 Å². The number of aromatic nitrogens is 2. The van der Waals surface area contributed by atoms with Crippen molar-refractivity contribution in [2.75, 3.05) is 11.9 Å². The van der Waals surface area contributed by atoms with E-state index < -0.39 is 17.3 Å². The fourth-order valence-corrected chi connectivity index (χ4v) is 2.44. The fraction of sp³-hybridized carbons (Fsp3) is 0.263. The molecule has 8 heteroatoms. The molecule has 27 heavy (non-hydrogen) atoms. The van der Waals surface area contributed by atoms with Gasteiger partial charge in [0, 0.05) is 6.20 Å². The van der Waals surface area contributed by atoms with E-state index in [0.717, 1.165) is 5.56 Å². The summed E-state index contributed by atoms with van der Waals surface area (Å²) < 4.78 is 15.9. The summed E-state index contributed by atoms with van der Waals surface area (Å²) in [5.74, 6) is -0.614. The largest absolute Gasteiger partial charge is 0.393 e. The molecule has 0 atom stereocenters. The van der Waals surface area contributed by atoms with Crippen molar-refractivity contribution >= 4 is 22.9 Å². The maximum absolute atomic E-state index is 14.3. The molecule has 2 aromatic heterocycles. The lowest BCUT2D eigenvalue weighted by molar-refractivity contribution is -0.0956. The fourth-order valence-electron chi connectivity index (χ4n) is 2.44. The number of hydrogen-bond acceptors (Lipinski definition) is 5. The van der Waals surface area contributed by atoms with Crippen LogP contribution in [0.4, 0.5) is 15.9 Å². The molecule has 0 unspecified atom stereocenters. The second-order valence-electron chi connectivity index (χ2n) is 6.84. The molecule has 0 aliphatic carbocycles. The van der Waals surface area contributed by atoms with E-state index in [1.54, 1.807) is 55.6 Å². The minimum absolute atomic E-state index is 0.232. The number of rotatable bonds is 6. The molecule has 0 saturated carbocycles. The van der Waals surface area contributed by atoms with Crippen molar-refractivity contribution in [3.63, 3.8) is 0 Å². The van der Waals surface area contributed by atoms with E-state index in [4.69, 9.17) is 4.84 Å². The van der Waals surface area contributed by atoms with Gasteiger partial charge in [-0.1, -0.05) is 6.07 Å². The van der Waals surface area contributed by atoms with Crippen LogP contribution < -0.4 is 10.8 Å². The van der Waals surface area contributed by atoms with Gasteiger partial charge >= 0.3 is 0 Å². The number of halogens is 1. The highest BCUT2D eigenvalue weighted by atomic mass is 19.1. The average Bonchev–Trinajstić information content (AvgIpc) is 3.01. The van der Waals surface area contributed by atoms with Gasteiger partial charge in [0.15, 0.2) is 0 Å². The molecule has 1 aromatic carbocycles. The molecular formula is C19H21FN4O3. The summed E-state index contributed by atoms with van der Waals surface area (Å²) in [5, 5.41) is 12.2. The van der Waals surface area contributed by atoms with Gasteiger partial charge in [0.1, 0.15) is 23.6 Å². The first-order valence-corrected chi connectivity index (χ1v) is 8.38. The third-order valence-corrected chi connectivity index (χ3v) is 4.00. The summed E-state index contributed by atoms with van der Waals surface area (Å²) in [6, 6.07) is 8.15. The molecule has 142 valence electrons. The van der Waals surface area contributed by atoms with Gasteiger partial charge in [0.05, 0.1) is 23.4 Å².